The Hall–Kier alpha value is -3.04. The number of likely N-dealkylation sites (tertiary alicyclic amines) is 1. The van der Waals surface area contributed by atoms with Gasteiger partial charge in [-0.25, -0.2) is 10.9 Å². The fraction of sp³-hybridized carbons (Fsp3) is 0.333. The maximum absolute atomic E-state index is 12.7. The lowest BCUT2D eigenvalue weighted by Crippen LogP contribution is -2.54. The van der Waals surface area contributed by atoms with E-state index in [4.69, 9.17) is 8.94 Å². The zero-order chi connectivity index (χ0) is 18.2. The molecule has 2 unspecified atom stereocenters. The smallest absolute Gasteiger partial charge is 0.241 e. The van der Waals surface area contributed by atoms with Gasteiger partial charge < -0.3 is 13.8 Å². The molecule has 138 valence electrons. The fourth-order valence-electron chi connectivity index (χ4n) is 3.45. The molecule has 1 amide bonds. The topological polar surface area (TPSA) is 109 Å². The number of hydrazine groups is 1. The van der Waals surface area contributed by atoms with Crippen LogP contribution in [0.25, 0.3) is 11.4 Å². The maximum Gasteiger partial charge on any atom is 0.241 e. The first kappa shape index (κ1) is 16.2. The number of nitrogens with zero attached hydrogens (tertiary/aromatic N) is 4. The largest absolute Gasteiger partial charge is 0.468 e. The van der Waals surface area contributed by atoms with Crippen molar-refractivity contribution in [2.24, 2.45) is 0 Å². The first-order valence-electron chi connectivity index (χ1n) is 8.85. The molecule has 2 fully saturated rings. The number of nitrogens with one attached hydrogen (secondary N) is 2. The maximum atomic E-state index is 12.7. The van der Waals surface area contributed by atoms with Crippen molar-refractivity contribution in [3.63, 3.8) is 0 Å². The highest BCUT2D eigenvalue weighted by molar-refractivity contribution is 5.83. The molecule has 0 bridgehead atoms. The molecule has 27 heavy (non-hydrogen) atoms. The monoisotopic (exact) mass is 366 g/mol. The van der Waals surface area contributed by atoms with E-state index in [0.29, 0.717) is 31.2 Å². The van der Waals surface area contributed by atoms with Crippen LogP contribution in [0.2, 0.25) is 0 Å². The van der Waals surface area contributed by atoms with Crippen LogP contribution >= 0.6 is 0 Å². The van der Waals surface area contributed by atoms with Crippen molar-refractivity contribution in [3.8, 4) is 11.4 Å². The van der Waals surface area contributed by atoms with Crippen molar-refractivity contribution >= 4 is 5.91 Å². The van der Waals surface area contributed by atoms with E-state index in [1.54, 1.807) is 18.7 Å². The summed E-state index contributed by atoms with van der Waals surface area (Å²) in [7, 11) is 0. The van der Waals surface area contributed by atoms with Crippen molar-refractivity contribution < 1.29 is 13.7 Å². The molecule has 0 radical (unpaired) electrons. The summed E-state index contributed by atoms with van der Waals surface area (Å²) < 4.78 is 10.8. The van der Waals surface area contributed by atoms with Gasteiger partial charge in [-0.1, -0.05) is 5.16 Å². The molecule has 3 aromatic heterocycles. The van der Waals surface area contributed by atoms with E-state index < -0.39 is 0 Å². The Labute approximate surface area is 154 Å². The predicted octanol–water partition coefficient (Wildman–Crippen LogP) is 1.26. The summed E-state index contributed by atoms with van der Waals surface area (Å²) in [5.74, 6) is 2.08. The Balaban J connectivity index is 1.18. The third-order valence-corrected chi connectivity index (χ3v) is 5.01. The minimum Gasteiger partial charge on any atom is -0.468 e. The van der Waals surface area contributed by atoms with Crippen LogP contribution < -0.4 is 10.9 Å². The van der Waals surface area contributed by atoms with Gasteiger partial charge in [-0.2, -0.15) is 4.98 Å². The van der Waals surface area contributed by atoms with Crippen LogP contribution in [0.1, 0.15) is 30.0 Å². The minimum atomic E-state index is -0.267. The summed E-state index contributed by atoms with van der Waals surface area (Å²) >= 11 is 0. The fourth-order valence-corrected chi connectivity index (χ4v) is 3.45. The SMILES string of the molecule is O=C(C1CC(c2ccco2)NN1)N1CC(c2nc(-c3ccncc3)no2)C1. The van der Waals surface area contributed by atoms with Gasteiger partial charge in [0.15, 0.2) is 0 Å². The van der Waals surface area contributed by atoms with Gasteiger partial charge in [-0.3, -0.25) is 9.78 Å². The van der Waals surface area contributed by atoms with E-state index in [0.717, 1.165) is 11.3 Å². The van der Waals surface area contributed by atoms with Crippen LogP contribution in [0, 0.1) is 0 Å². The van der Waals surface area contributed by atoms with Gasteiger partial charge in [0.1, 0.15) is 11.8 Å². The van der Waals surface area contributed by atoms with E-state index >= 15 is 0 Å². The number of hydrogen-bond donors (Lipinski definition) is 2. The lowest BCUT2D eigenvalue weighted by molar-refractivity contribution is -0.138. The molecule has 0 aliphatic carbocycles. The molecule has 0 saturated carbocycles. The second-order valence-electron chi connectivity index (χ2n) is 6.78. The molecule has 2 saturated heterocycles. The van der Waals surface area contributed by atoms with Crippen molar-refractivity contribution in [2.75, 3.05) is 13.1 Å². The molecule has 9 heteroatoms. The first-order chi connectivity index (χ1) is 13.3. The zero-order valence-corrected chi connectivity index (χ0v) is 14.4. The molecule has 3 aromatic rings. The molecule has 0 aromatic carbocycles. The summed E-state index contributed by atoms with van der Waals surface area (Å²) in [6.07, 6.45) is 5.67. The van der Waals surface area contributed by atoms with E-state index in [1.165, 1.54) is 0 Å². The Bertz CT molecular complexity index is 920. The molecule has 0 spiro atoms. The van der Waals surface area contributed by atoms with Crippen molar-refractivity contribution in [2.45, 2.75) is 24.4 Å². The van der Waals surface area contributed by atoms with Crippen molar-refractivity contribution in [1.82, 2.24) is 30.9 Å². The van der Waals surface area contributed by atoms with E-state index in [9.17, 15) is 4.79 Å². The molecule has 2 aliphatic rings. The summed E-state index contributed by atoms with van der Waals surface area (Å²) in [5.41, 5.74) is 7.04. The van der Waals surface area contributed by atoms with Crippen LogP contribution in [0.4, 0.5) is 0 Å². The van der Waals surface area contributed by atoms with Gasteiger partial charge in [0.25, 0.3) is 0 Å². The van der Waals surface area contributed by atoms with E-state index in [2.05, 4.69) is 26.0 Å². The van der Waals surface area contributed by atoms with Crippen LogP contribution in [0.15, 0.2) is 51.9 Å². The number of furan rings is 1. The number of rotatable bonds is 4. The summed E-state index contributed by atoms with van der Waals surface area (Å²) in [6.45, 7) is 1.17. The van der Waals surface area contributed by atoms with Crippen LogP contribution in [0.3, 0.4) is 0 Å². The Morgan fingerprint density at radius 2 is 2.04 bits per heavy atom. The van der Waals surface area contributed by atoms with Gasteiger partial charge in [0, 0.05) is 31.0 Å². The minimum absolute atomic E-state index is 0.00452. The van der Waals surface area contributed by atoms with Gasteiger partial charge in [-0.15, -0.1) is 0 Å². The summed E-state index contributed by atoms with van der Waals surface area (Å²) in [5, 5.41) is 4.03. The van der Waals surface area contributed by atoms with Crippen LogP contribution in [-0.4, -0.2) is 45.1 Å². The highest BCUT2D eigenvalue weighted by Crippen LogP contribution is 2.30. The third kappa shape index (κ3) is 3.00. The number of aromatic nitrogens is 3. The first-order valence-corrected chi connectivity index (χ1v) is 8.85. The van der Waals surface area contributed by atoms with Gasteiger partial charge >= 0.3 is 0 Å². The predicted molar refractivity (Wildman–Crippen MR) is 93.0 cm³/mol. The number of carbonyl (C=O) groups is 1. The van der Waals surface area contributed by atoms with Crippen LogP contribution in [0.5, 0.6) is 0 Å². The number of pyridine rings is 1. The normalized spacial score (nSPS) is 22.7. The lowest BCUT2D eigenvalue weighted by atomic mass is 9.97. The molecular weight excluding hydrogens is 348 g/mol. The van der Waals surface area contributed by atoms with E-state index in [1.807, 2.05) is 29.2 Å². The average molecular weight is 366 g/mol. The number of carbonyl (C=O) groups excluding carboxylic acids is 1. The van der Waals surface area contributed by atoms with E-state index in [-0.39, 0.29) is 23.9 Å². The number of hydrogen-bond acceptors (Lipinski definition) is 8. The quantitative estimate of drug-likeness (QED) is 0.710. The average Bonchev–Trinajstić information content (AvgIpc) is 3.41. The van der Waals surface area contributed by atoms with Crippen LogP contribution in [-0.2, 0) is 4.79 Å². The molecule has 5 heterocycles. The summed E-state index contributed by atoms with van der Waals surface area (Å²) in [4.78, 5) is 22.9. The molecule has 5 rings (SSSR count). The lowest BCUT2D eigenvalue weighted by Gasteiger charge is -2.38. The highest BCUT2D eigenvalue weighted by atomic mass is 16.5. The Kier molecular flexibility index (Phi) is 3.95. The van der Waals surface area contributed by atoms with Gasteiger partial charge in [0.05, 0.1) is 18.2 Å². The van der Waals surface area contributed by atoms with Crippen molar-refractivity contribution in [1.29, 1.82) is 0 Å². The third-order valence-electron chi connectivity index (χ3n) is 5.01. The molecule has 9 nitrogen and oxygen atoms in total. The second-order valence-corrected chi connectivity index (χ2v) is 6.78. The summed E-state index contributed by atoms with van der Waals surface area (Å²) in [6, 6.07) is 7.15. The van der Waals surface area contributed by atoms with Gasteiger partial charge in [-0.05, 0) is 30.7 Å². The zero-order valence-electron chi connectivity index (χ0n) is 14.4. The molecule has 2 N–H and O–H groups in total. The van der Waals surface area contributed by atoms with Crippen molar-refractivity contribution in [3.05, 3.63) is 54.6 Å². The molecule has 2 aliphatic heterocycles. The van der Waals surface area contributed by atoms with Gasteiger partial charge in [0.2, 0.25) is 17.6 Å². The number of amides is 1. The second kappa shape index (κ2) is 6.60. The Morgan fingerprint density at radius 1 is 1.19 bits per heavy atom. The standard InChI is InChI=1S/C18H18N6O3/c25-18(14-8-13(21-22-14)15-2-1-7-26-15)24-9-12(10-24)17-20-16(23-27-17)11-3-5-19-6-4-11/h1-7,12-14,21-22H,8-10H2. The highest BCUT2D eigenvalue weighted by Gasteiger charge is 2.41. The molecular formula is C18H18N6O3. The Morgan fingerprint density at radius 3 is 2.81 bits per heavy atom. The molecule has 2 atom stereocenters.